The first-order valence-electron chi connectivity index (χ1n) is 6.93. The molecule has 2 unspecified atom stereocenters. The average molecular weight is 304 g/mol. The quantitative estimate of drug-likeness (QED) is 0.479. The first-order chi connectivity index (χ1) is 9.54. The fraction of sp³-hybridized carbons (Fsp3) is 0.857. The fourth-order valence-electron chi connectivity index (χ4n) is 1.47. The van der Waals surface area contributed by atoms with Gasteiger partial charge in [-0.05, 0) is 12.3 Å². The summed E-state index contributed by atoms with van der Waals surface area (Å²) in [5.74, 6) is -0.669. The topological polar surface area (TPSA) is 108 Å². The van der Waals surface area contributed by atoms with Crippen molar-refractivity contribution < 1.29 is 24.5 Å². The van der Waals surface area contributed by atoms with Crippen LogP contribution in [0.1, 0.15) is 34.1 Å². The molecule has 0 bridgehead atoms. The van der Waals surface area contributed by atoms with E-state index in [1.165, 1.54) is 14.0 Å². The molecule has 21 heavy (non-hydrogen) atoms. The van der Waals surface area contributed by atoms with Gasteiger partial charge in [0.1, 0.15) is 0 Å². The highest BCUT2D eigenvalue weighted by molar-refractivity contribution is 5.84. The van der Waals surface area contributed by atoms with Gasteiger partial charge in [0.25, 0.3) is 5.91 Å². The minimum atomic E-state index is -1.34. The Morgan fingerprint density at radius 1 is 1.14 bits per heavy atom. The number of aliphatic hydroxyl groups is 2. The van der Waals surface area contributed by atoms with E-state index in [-0.39, 0.29) is 24.4 Å². The number of methoxy groups -OCH3 is 1. The van der Waals surface area contributed by atoms with Crippen LogP contribution >= 0.6 is 0 Å². The highest BCUT2D eigenvalue weighted by atomic mass is 16.5. The number of ether oxygens (including phenoxy) is 1. The summed E-state index contributed by atoms with van der Waals surface area (Å²) in [6.45, 7) is 6.84. The van der Waals surface area contributed by atoms with Crippen LogP contribution in [0, 0.1) is 5.41 Å². The summed E-state index contributed by atoms with van der Waals surface area (Å²) in [7, 11) is 1.32. The normalized spacial score (nSPS) is 16.0. The zero-order valence-corrected chi connectivity index (χ0v) is 13.5. The second-order valence-electron chi connectivity index (χ2n) is 6.50. The van der Waals surface area contributed by atoms with Gasteiger partial charge in [-0.3, -0.25) is 9.59 Å². The lowest BCUT2D eigenvalue weighted by molar-refractivity contribution is -0.146. The zero-order chi connectivity index (χ0) is 16.7. The van der Waals surface area contributed by atoms with E-state index in [1.807, 2.05) is 20.8 Å². The maximum atomic E-state index is 11.8. The van der Waals surface area contributed by atoms with Crippen LogP contribution in [0.4, 0.5) is 0 Å². The van der Waals surface area contributed by atoms with E-state index in [1.54, 1.807) is 0 Å². The van der Waals surface area contributed by atoms with Gasteiger partial charge in [0.05, 0.1) is 12.7 Å². The van der Waals surface area contributed by atoms with E-state index in [4.69, 9.17) is 9.84 Å². The first kappa shape index (κ1) is 19.8. The molecule has 2 amide bonds. The number of carbonyl (C=O) groups excluding carboxylic acids is 2. The molecule has 124 valence electrons. The van der Waals surface area contributed by atoms with Gasteiger partial charge in [0, 0.05) is 26.6 Å². The summed E-state index contributed by atoms with van der Waals surface area (Å²) in [5.41, 5.74) is -1.46. The van der Waals surface area contributed by atoms with Crippen molar-refractivity contribution in [2.45, 2.75) is 45.8 Å². The van der Waals surface area contributed by atoms with Gasteiger partial charge in [-0.2, -0.15) is 0 Å². The number of hydrogen-bond acceptors (Lipinski definition) is 5. The maximum Gasteiger partial charge on any atom is 0.254 e. The van der Waals surface area contributed by atoms with Crippen molar-refractivity contribution in [1.29, 1.82) is 0 Å². The van der Waals surface area contributed by atoms with Gasteiger partial charge in [0.15, 0.2) is 5.60 Å². The molecule has 0 saturated carbocycles. The van der Waals surface area contributed by atoms with E-state index in [0.29, 0.717) is 6.42 Å². The first-order valence-corrected chi connectivity index (χ1v) is 6.93. The van der Waals surface area contributed by atoms with Gasteiger partial charge >= 0.3 is 0 Å². The molecule has 0 heterocycles. The lowest BCUT2D eigenvalue weighted by atomic mass is 9.92. The van der Waals surface area contributed by atoms with E-state index in [0.717, 1.165) is 0 Å². The largest absolute Gasteiger partial charge is 0.393 e. The maximum absolute atomic E-state index is 11.8. The Morgan fingerprint density at radius 2 is 1.67 bits per heavy atom. The third kappa shape index (κ3) is 7.99. The molecule has 0 rings (SSSR count). The summed E-state index contributed by atoms with van der Waals surface area (Å²) in [6, 6.07) is 0. The molecular weight excluding hydrogens is 276 g/mol. The Kier molecular flexibility index (Phi) is 7.84. The predicted molar refractivity (Wildman–Crippen MR) is 78.6 cm³/mol. The second-order valence-corrected chi connectivity index (χ2v) is 6.50. The Labute approximate surface area is 126 Å². The van der Waals surface area contributed by atoms with E-state index in [9.17, 15) is 14.7 Å². The summed E-state index contributed by atoms with van der Waals surface area (Å²) in [6.07, 6.45) is -0.545. The molecule has 0 aliphatic carbocycles. The van der Waals surface area contributed by atoms with Crippen LogP contribution in [-0.4, -0.2) is 60.5 Å². The van der Waals surface area contributed by atoms with Gasteiger partial charge in [-0.25, -0.2) is 0 Å². The predicted octanol–water partition coefficient (Wildman–Crippen LogP) is -0.587. The zero-order valence-electron chi connectivity index (χ0n) is 13.5. The van der Waals surface area contributed by atoms with Crippen molar-refractivity contribution in [2.24, 2.45) is 5.41 Å². The SMILES string of the molecule is COC(C)(CO)C(=O)NCC(O)CNC(=O)CC(C)(C)C. The molecule has 0 aromatic rings. The lowest BCUT2D eigenvalue weighted by Gasteiger charge is -2.25. The fourth-order valence-corrected chi connectivity index (χ4v) is 1.47. The molecule has 7 nitrogen and oxygen atoms in total. The molecule has 0 saturated heterocycles. The average Bonchev–Trinajstić information content (AvgIpc) is 2.39. The van der Waals surface area contributed by atoms with E-state index in [2.05, 4.69) is 10.6 Å². The van der Waals surface area contributed by atoms with Gasteiger partial charge in [0.2, 0.25) is 5.91 Å². The van der Waals surface area contributed by atoms with Crippen molar-refractivity contribution in [3.8, 4) is 0 Å². The molecule has 0 aromatic carbocycles. The second kappa shape index (κ2) is 8.31. The Morgan fingerprint density at radius 3 is 2.10 bits per heavy atom. The molecule has 7 heteroatoms. The molecular formula is C14H28N2O5. The van der Waals surface area contributed by atoms with Crippen LogP contribution in [0.15, 0.2) is 0 Å². The van der Waals surface area contributed by atoms with Gasteiger partial charge in [-0.15, -0.1) is 0 Å². The van der Waals surface area contributed by atoms with Crippen LogP contribution in [0.5, 0.6) is 0 Å². The minimum Gasteiger partial charge on any atom is -0.393 e. The van der Waals surface area contributed by atoms with Crippen LogP contribution in [-0.2, 0) is 14.3 Å². The highest BCUT2D eigenvalue weighted by Crippen LogP contribution is 2.17. The molecule has 0 aromatic heterocycles. The van der Waals surface area contributed by atoms with Crippen LogP contribution < -0.4 is 10.6 Å². The van der Waals surface area contributed by atoms with E-state index < -0.39 is 24.2 Å². The van der Waals surface area contributed by atoms with Crippen molar-refractivity contribution in [1.82, 2.24) is 10.6 Å². The molecule has 0 aliphatic rings. The number of rotatable bonds is 8. The van der Waals surface area contributed by atoms with Gasteiger partial charge < -0.3 is 25.6 Å². The standard InChI is InChI=1S/C14H28N2O5/c1-13(2,3)6-11(19)15-7-10(18)8-16-12(20)14(4,9-17)21-5/h10,17-18H,6-9H2,1-5H3,(H,15,19)(H,16,20). The molecule has 2 atom stereocenters. The molecule has 0 radical (unpaired) electrons. The summed E-state index contributed by atoms with van der Waals surface area (Å²) in [4.78, 5) is 23.4. The monoisotopic (exact) mass is 304 g/mol. The molecule has 4 N–H and O–H groups in total. The van der Waals surface area contributed by atoms with E-state index >= 15 is 0 Å². The number of amides is 2. The van der Waals surface area contributed by atoms with Crippen molar-refractivity contribution in [3.63, 3.8) is 0 Å². The third-order valence-corrected chi connectivity index (χ3v) is 2.96. The highest BCUT2D eigenvalue weighted by Gasteiger charge is 2.32. The summed E-state index contributed by atoms with van der Waals surface area (Å²) in [5, 5.41) is 23.9. The van der Waals surface area contributed by atoms with Crippen molar-refractivity contribution in [2.75, 3.05) is 26.8 Å². The Balaban J connectivity index is 4.09. The molecule has 0 fully saturated rings. The summed E-state index contributed by atoms with van der Waals surface area (Å²) >= 11 is 0. The minimum absolute atomic E-state index is 0.0341. The Hall–Kier alpha value is -1.18. The molecule has 0 spiro atoms. The van der Waals surface area contributed by atoms with Crippen LogP contribution in [0.2, 0.25) is 0 Å². The third-order valence-electron chi connectivity index (χ3n) is 2.96. The smallest absolute Gasteiger partial charge is 0.254 e. The number of carbonyl (C=O) groups is 2. The number of nitrogens with one attached hydrogen (secondary N) is 2. The number of hydrogen-bond donors (Lipinski definition) is 4. The lowest BCUT2D eigenvalue weighted by Crippen LogP contribution is -2.51. The van der Waals surface area contributed by atoms with Crippen LogP contribution in [0.25, 0.3) is 0 Å². The summed E-state index contributed by atoms with van der Waals surface area (Å²) < 4.78 is 4.92. The van der Waals surface area contributed by atoms with Crippen LogP contribution in [0.3, 0.4) is 0 Å². The Bertz CT molecular complexity index is 348. The van der Waals surface area contributed by atoms with Crippen molar-refractivity contribution >= 4 is 11.8 Å². The van der Waals surface area contributed by atoms with Crippen molar-refractivity contribution in [3.05, 3.63) is 0 Å². The van der Waals surface area contributed by atoms with Gasteiger partial charge in [-0.1, -0.05) is 20.8 Å². The number of aliphatic hydroxyl groups excluding tert-OH is 2. The molecule has 0 aliphatic heterocycles.